The summed E-state index contributed by atoms with van der Waals surface area (Å²) in [6.07, 6.45) is 0.757. The topological polar surface area (TPSA) is 29.1 Å². The van der Waals surface area contributed by atoms with Crippen molar-refractivity contribution in [3.63, 3.8) is 0 Å². The predicted octanol–water partition coefficient (Wildman–Crippen LogP) is 3.40. The van der Waals surface area contributed by atoms with E-state index in [1.54, 1.807) is 12.1 Å². The van der Waals surface area contributed by atoms with Gasteiger partial charge in [0.1, 0.15) is 0 Å². The molecular weight excluding hydrogens is 245 g/mol. The molecule has 0 bridgehead atoms. The number of hydrogen-bond donors (Lipinski definition) is 1. The smallest absolute Gasteiger partial charge is 0.251 e. The lowest BCUT2D eigenvalue weighted by molar-refractivity contribution is 0.0939. The normalized spacial score (nSPS) is 12.2. The molecule has 16 heavy (non-hydrogen) atoms. The molecule has 4 heteroatoms. The minimum Gasteiger partial charge on any atom is -0.350 e. The number of aryl methyl sites for hydroxylation is 1. The molecule has 1 unspecified atom stereocenters. The van der Waals surface area contributed by atoms with Gasteiger partial charge in [0.15, 0.2) is 0 Å². The van der Waals surface area contributed by atoms with Crippen molar-refractivity contribution in [3.05, 3.63) is 34.3 Å². The molecule has 1 atom stereocenters. The summed E-state index contributed by atoms with van der Waals surface area (Å²) < 4.78 is 0. The monoisotopic (exact) mass is 259 g/mol. The Labute approximate surface area is 106 Å². The summed E-state index contributed by atoms with van der Waals surface area (Å²) in [6, 6.07) is 5.36. The van der Waals surface area contributed by atoms with Crippen LogP contribution < -0.4 is 5.32 Å². The Morgan fingerprint density at radius 3 is 2.75 bits per heavy atom. The summed E-state index contributed by atoms with van der Waals surface area (Å²) in [4.78, 5) is 11.8. The molecule has 0 radical (unpaired) electrons. The fraction of sp³-hybridized carbons (Fsp3) is 0.417. The Kier molecular flexibility index (Phi) is 5.10. The zero-order valence-electron chi connectivity index (χ0n) is 9.39. The summed E-state index contributed by atoms with van der Waals surface area (Å²) >= 11 is 11.6. The predicted molar refractivity (Wildman–Crippen MR) is 68.5 cm³/mol. The van der Waals surface area contributed by atoms with Gasteiger partial charge in [-0.3, -0.25) is 4.79 Å². The van der Waals surface area contributed by atoms with E-state index in [9.17, 15) is 4.79 Å². The van der Waals surface area contributed by atoms with E-state index in [0.29, 0.717) is 16.5 Å². The van der Waals surface area contributed by atoms with Crippen LogP contribution in [0, 0.1) is 6.92 Å². The molecule has 1 aromatic rings. The molecule has 1 N–H and O–H groups in total. The molecule has 0 heterocycles. The van der Waals surface area contributed by atoms with Crippen LogP contribution in [0.1, 0.15) is 29.3 Å². The first-order valence-corrected chi connectivity index (χ1v) is 6.09. The highest BCUT2D eigenvalue weighted by Crippen LogP contribution is 2.16. The van der Waals surface area contributed by atoms with Crippen LogP contribution in [-0.2, 0) is 0 Å². The summed E-state index contributed by atoms with van der Waals surface area (Å²) in [7, 11) is 0. The highest BCUT2D eigenvalue weighted by atomic mass is 35.5. The van der Waals surface area contributed by atoms with Gasteiger partial charge in [-0.2, -0.15) is 0 Å². The zero-order valence-corrected chi connectivity index (χ0v) is 10.9. The van der Waals surface area contributed by atoms with Crippen molar-refractivity contribution in [3.8, 4) is 0 Å². The summed E-state index contributed by atoms with van der Waals surface area (Å²) in [5.74, 6) is 0.426. The molecule has 0 saturated carbocycles. The average molecular weight is 260 g/mol. The fourth-order valence-corrected chi connectivity index (χ4v) is 1.78. The number of carbonyl (C=O) groups is 1. The fourth-order valence-electron chi connectivity index (χ4n) is 1.28. The van der Waals surface area contributed by atoms with Crippen molar-refractivity contribution in [2.24, 2.45) is 0 Å². The molecular formula is C12H15Cl2NO. The molecule has 2 nitrogen and oxygen atoms in total. The second kappa shape index (κ2) is 6.12. The van der Waals surface area contributed by atoms with E-state index in [-0.39, 0.29) is 11.9 Å². The number of carbonyl (C=O) groups excluding carboxylic acids is 1. The van der Waals surface area contributed by atoms with Crippen LogP contribution in [0.15, 0.2) is 18.2 Å². The van der Waals surface area contributed by atoms with Gasteiger partial charge in [0.05, 0.1) is 0 Å². The van der Waals surface area contributed by atoms with E-state index in [1.807, 2.05) is 19.9 Å². The zero-order chi connectivity index (χ0) is 12.1. The van der Waals surface area contributed by atoms with Crippen LogP contribution in [0.3, 0.4) is 0 Å². The van der Waals surface area contributed by atoms with Crippen molar-refractivity contribution in [1.29, 1.82) is 0 Å². The van der Waals surface area contributed by atoms with Gasteiger partial charge in [0.25, 0.3) is 5.91 Å². The average Bonchev–Trinajstić information content (AvgIpc) is 2.22. The van der Waals surface area contributed by atoms with Gasteiger partial charge in [-0.15, -0.1) is 11.6 Å². The van der Waals surface area contributed by atoms with Crippen molar-refractivity contribution >= 4 is 29.1 Å². The van der Waals surface area contributed by atoms with Gasteiger partial charge in [-0.1, -0.05) is 17.7 Å². The van der Waals surface area contributed by atoms with Gasteiger partial charge < -0.3 is 5.32 Å². The maximum absolute atomic E-state index is 11.8. The van der Waals surface area contributed by atoms with Gasteiger partial charge >= 0.3 is 0 Å². The molecule has 0 spiro atoms. The van der Waals surface area contributed by atoms with Gasteiger partial charge in [0.2, 0.25) is 0 Å². The van der Waals surface area contributed by atoms with Crippen molar-refractivity contribution in [2.75, 3.05) is 5.88 Å². The van der Waals surface area contributed by atoms with E-state index in [4.69, 9.17) is 23.2 Å². The lowest BCUT2D eigenvalue weighted by Gasteiger charge is -2.12. The first-order chi connectivity index (χ1) is 7.54. The summed E-state index contributed by atoms with van der Waals surface area (Å²) in [5, 5.41) is 3.47. The molecule has 1 aromatic carbocycles. The SMILES string of the molecule is Cc1ccc(C(=O)NC(C)CCCl)cc1Cl. The van der Waals surface area contributed by atoms with E-state index in [1.165, 1.54) is 0 Å². The first kappa shape index (κ1) is 13.3. The number of benzene rings is 1. The standard InChI is InChI=1S/C12H15Cl2NO/c1-8-3-4-10(7-11(8)14)12(16)15-9(2)5-6-13/h3-4,7,9H,5-6H2,1-2H3,(H,15,16). The Morgan fingerprint density at radius 1 is 1.50 bits per heavy atom. The Balaban J connectivity index is 2.69. The van der Waals surface area contributed by atoms with Crippen LogP contribution in [0.25, 0.3) is 0 Å². The third kappa shape index (κ3) is 3.69. The molecule has 0 saturated heterocycles. The highest BCUT2D eigenvalue weighted by molar-refractivity contribution is 6.31. The first-order valence-electron chi connectivity index (χ1n) is 5.17. The van der Waals surface area contributed by atoms with Gasteiger partial charge in [-0.05, 0) is 38.0 Å². The molecule has 1 amide bonds. The number of alkyl halides is 1. The second-order valence-corrected chi connectivity index (χ2v) is 4.60. The lowest BCUT2D eigenvalue weighted by atomic mass is 10.1. The van der Waals surface area contributed by atoms with Crippen molar-refractivity contribution in [2.45, 2.75) is 26.3 Å². The summed E-state index contributed by atoms with van der Waals surface area (Å²) in [5.41, 5.74) is 1.55. The number of halogens is 2. The molecule has 1 rings (SSSR count). The molecule has 88 valence electrons. The minimum atomic E-state index is -0.112. The van der Waals surface area contributed by atoms with Crippen LogP contribution in [-0.4, -0.2) is 17.8 Å². The Morgan fingerprint density at radius 2 is 2.19 bits per heavy atom. The van der Waals surface area contributed by atoms with E-state index in [2.05, 4.69) is 5.32 Å². The third-order valence-corrected chi connectivity index (χ3v) is 2.98. The van der Waals surface area contributed by atoms with Crippen LogP contribution in [0.2, 0.25) is 5.02 Å². The third-order valence-electron chi connectivity index (χ3n) is 2.35. The minimum absolute atomic E-state index is 0.0741. The van der Waals surface area contributed by atoms with Crippen LogP contribution in [0.4, 0.5) is 0 Å². The maximum atomic E-state index is 11.8. The van der Waals surface area contributed by atoms with Crippen molar-refractivity contribution in [1.82, 2.24) is 5.32 Å². The molecule has 0 fully saturated rings. The molecule has 0 aliphatic carbocycles. The molecule has 0 aliphatic rings. The van der Waals surface area contributed by atoms with E-state index >= 15 is 0 Å². The van der Waals surface area contributed by atoms with Crippen LogP contribution >= 0.6 is 23.2 Å². The lowest BCUT2D eigenvalue weighted by Crippen LogP contribution is -2.32. The van der Waals surface area contributed by atoms with Crippen LogP contribution in [0.5, 0.6) is 0 Å². The quantitative estimate of drug-likeness (QED) is 0.826. The Bertz CT molecular complexity index is 379. The van der Waals surface area contributed by atoms with E-state index in [0.717, 1.165) is 12.0 Å². The van der Waals surface area contributed by atoms with Gasteiger partial charge in [0, 0.05) is 22.5 Å². The molecule has 0 aliphatic heterocycles. The number of rotatable bonds is 4. The van der Waals surface area contributed by atoms with Gasteiger partial charge in [-0.25, -0.2) is 0 Å². The molecule has 0 aromatic heterocycles. The number of hydrogen-bond acceptors (Lipinski definition) is 1. The van der Waals surface area contributed by atoms with E-state index < -0.39 is 0 Å². The largest absolute Gasteiger partial charge is 0.350 e. The number of nitrogens with one attached hydrogen (secondary N) is 1. The second-order valence-electron chi connectivity index (χ2n) is 3.82. The highest BCUT2D eigenvalue weighted by Gasteiger charge is 2.10. The Hall–Kier alpha value is -0.730. The van der Waals surface area contributed by atoms with Crippen molar-refractivity contribution < 1.29 is 4.79 Å². The maximum Gasteiger partial charge on any atom is 0.251 e. The summed E-state index contributed by atoms with van der Waals surface area (Å²) in [6.45, 7) is 3.83. The number of amides is 1.